The number of aromatic nitrogens is 6. The predicted molar refractivity (Wildman–Crippen MR) is 116 cm³/mol. The van der Waals surface area contributed by atoms with Gasteiger partial charge in [-0.1, -0.05) is 0 Å². The highest BCUT2D eigenvalue weighted by molar-refractivity contribution is 5.78. The van der Waals surface area contributed by atoms with Gasteiger partial charge in [-0.25, -0.2) is 24.3 Å². The van der Waals surface area contributed by atoms with Crippen LogP contribution in [0.1, 0.15) is 12.5 Å². The number of fused-ring (bicyclic) bond motifs is 3. The molecule has 0 radical (unpaired) electrons. The van der Waals surface area contributed by atoms with E-state index in [2.05, 4.69) is 37.0 Å². The zero-order valence-electron chi connectivity index (χ0n) is 16.4. The third kappa shape index (κ3) is 2.33. The summed E-state index contributed by atoms with van der Waals surface area (Å²) in [7, 11) is 0. The van der Waals surface area contributed by atoms with Crippen molar-refractivity contribution in [1.29, 1.82) is 0 Å². The van der Waals surface area contributed by atoms with Crippen LogP contribution in [0.4, 0.5) is 11.6 Å². The van der Waals surface area contributed by atoms with E-state index >= 15 is 0 Å². The van der Waals surface area contributed by atoms with Gasteiger partial charge >= 0.3 is 5.69 Å². The molecular formula is C22H19N7O. The van der Waals surface area contributed by atoms with E-state index in [-0.39, 0.29) is 5.69 Å². The fraction of sp³-hybridized carbons (Fsp3) is 0.182. The lowest BCUT2D eigenvalue weighted by atomic mass is 10.1. The Morgan fingerprint density at radius 1 is 1.10 bits per heavy atom. The number of nitrogens with one attached hydrogen (secondary N) is 1. The lowest BCUT2D eigenvalue weighted by Gasteiger charge is -2.16. The van der Waals surface area contributed by atoms with Crippen LogP contribution in [-0.4, -0.2) is 35.6 Å². The van der Waals surface area contributed by atoms with Crippen LogP contribution in [0.25, 0.3) is 28.0 Å². The molecule has 0 amide bonds. The minimum Gasteiger partial charge on any atom is -0.311 e. The van der Waals surface area contributed by atoms with Crippen LogP contribution in [0.15, 0.2) is 59.7 Å². The predicted octanol–water partition coefficient (Wildman–Crippen LogP) is 3.17. The molecule has 0 atom stereocenters. The summed E-state index contributed by atoms with van der Waals surface area (Å²) in [5.74, 6) is 0.789. The third-order valence-corrected chi connectivity index (χ3v) is 5.72. The number of aromatic amines is 1. The molecule has 148 valence electrons. The molecule has 4 aromatic heterocycles. The molecule has 0 saturated carbocycles. The van der Waals surface area contributed by atoms with Crippen LogP contribution in [0.3, 0.4) is 0 Å². The van der Waals surface area contributed by atoms with E-state index in [1.165, 1.54) is 5.56 Å². The minimum atomic E-state index is -0.0654. The average Bonchev–Trinajstić information content (AvgIpc) is 3.45. The van der Waals surface area contributed by atoms with Gasteiger partial charge in [0.25, 0.3) is 0 Å². The molecule has 0 bridgehead atoms. The molecule has 0 saturated heterocycles. The second-order valence-electron chi connectivity index (χ2n) is 7.35. The van der Waals surface area contributed by atoms with E-state index in [9.17, 15) is 4.79 Å². The molecule has 8 heteroatoms. The second-order valence-corrected chi connectivity index (χ2v) is 7.35. The van der Waals surface area contributed by atoms with Crippen LogP contribution in [0.2, 0.25) is 0 Å². The summed E-state index contributed by atoms with van der Waals surface area (Å²) in [5.41, 5.74) is 6.21. The highest BCUT2D eigenvalue weighted by Crippen LogP contribution is 2.35. The molecule has 1 aliphatic heterocycles. The van der Waals surface area contributed by atoms with E-state index in [0.29, 0.717) is 12.2 Å². The Kier molecular flexibility index (Phi) is 3.55. The van der Waals surface area contributed by atoms with Crippen LogP contribution in [0, 0.1) is 0 Å². The lowest BCUT2D eigenvalue weighted by Crippen LogP contribution is -2.22. The summed E-state index contributed by atoms with van der Waals surface area (Å²) in [6.45, 7) is 3.40. The largest absolute Gasteiger partial charge is 0.334 e. The molecule has 0 fully saturated rings. The Labute approximate surface area is 171 Å². The van der Waals surface area contributed by atoms with E-state index < -0.39 is 0 Å². The molecule has 1 N–H and O–H groups in total. The van der Waals surface area contributed by atoms with Crippen LogP contribution in [0.5, 0.6) is 0 Å². The van der Waals surface area contributed by atoms with Gasteiger partial charge in [-0.3, -0.25) is 4.57 Å². The Bertz CT molecular complexity index is 1440. The average molecular weight is 397 g/mol. The van der Waals surface area contributed by atoms with Gasteiger partial charge in [-0.15, -0.1) is 0 Å². The number of anilines is 2. The van der Waals surface area contributed by atoms with Crippen molar-refractivity contribution in [3.63, 3.8) is 0 Å². The summed E-state index contributed by atoms with van der Waals surface area (Å²) in [4.78, 5) is 32.0. The van der Waals surface area contributed by atoms with Crippen molar-refractivity contribution in [3.8, 4) is 5.69 Å². The first-order valence-corrected chi connectivity index (χ1v) is 10.0. The number of benzene rings is 1. The fourth-order valence-corrected chi connectivity index (χ4v) is 4.33. The molecule has 0 aliphatic carbocycles. The number of H-pyrrole nitrogens is 1. The maximum absolute atomic E-state index is 13.1. The summed E-state index contributed by atoms with van der Waals surface area (Å²) in [5, 5.41) is 0. The van der Waals surface area contributed by atoms with E-state index in [4.69, 9.17) is 0 Å². The molecule has 1 aliphatic rings. The topological polar surface area (TPSA) is 84.6 Å². The van der Waals surface area contributed by atoms with E-state index in [1.807, 2.05) is 37.3 Å². The summed E-state index contributed by atoms with van der Waals surface area (Å²) >= 11 is 0. The Hall–Kier alpha value is -3.94. The molecular weight excluding hydrogens is 378 g/mol. The van der Waals surface area contributed by atoms with Crippen molar-refractivity contribution in [2.45, 2.75) is 19.9 Å². The quantitative estimate of drug-likeness (QED) is 0.505. The molecule has 0 spiro atoms. The Morgan fingerprint density at radius 3 is 2.83 bits per heavy atom. The van der Waals surface area contributed by atoms with Gasteiger partial charge in [0.2, 0.25) is 5.95 Å². The molecule has 0 unspecified atom stereocenters. The first-order valence-electron chi connectivity index (χ1n) is 10.0. The summed E-state index contributed by atoms with van der Waals surface area (Å²) in [6, 6.07) is 13.8. The summed E-state index contributed by atoms with van der Waals surface area (Å²) in [6.07, 6.45) is 4.36. The Morgan fingerprint density at radius 2 is 1.97 bits per heavy atom. The van der Waals surface area contributed by atoms with Gasteiger partial charge in [0, 0.05) is 31.2 Å². The number of hydrogen-bond donors (Lipinski definition) is 1. The van der Waals surface area contributed by atoms with Crippen molar-refractivity contribution in [1.82, 2.24) is 29.1 Å². The second kappa shape index (κ2) is 6.28. The normalized spacial score (nSPS) is 13.4. The van der Waals surface area contributed by atoms with Crippen molar-refractivity contribution in [3.05, 3.63) is 70.9 Å². The smallest absolute Gasteiger partial charge is 0.311 e. The fourth-order valence-electron chi connectivity index (χ4n) is 4.33. The van der Waals surface area contributed by atoms with Gasteiger partial charge in [-0.2, -0.15) is 0 Å². The number of pyridine rings is 2. The maximum Gasteiger partial charge on any atom is 0.334 e. The van der Waals surface area contributed by atoms with Crippen LogP contribution < -0.4 is 10.6 Å². The van der Waals surface area contributed by atoms with E-state index in [1.54, 1.807) is 21.5 Å². The van der Waals surface area contributed by atoms with Gasteiger partial charge < -0.3 is 9.88 Å². The standard InChI is InChI=1S/C22H19N7O/c1-2-27-18-6-4-11-24-20(18)29(22(27)30)15-7-8-17-14(13-15)9-12-28(17)21-25-16-5-3-10-23-19(16)26-21/h3-8,10-11,13H,2,9,12H2,1H3,(H,23,25,26). The molecule has 6 rings (SSSR count). The van der Waals surface area contributed by atoms with Crippen molar-refractivity contribution in [2.75, 3.05) is 11.4 Å². The van der Waals surface area contributed by atoms with Gasteiger partial charge in [0.15, 0.2) is 11.3 Å². The first kappa shape index (κ1) is 17.0. The molecule has 30 heavy (non-hydrogen) atoms. The molecule has 1 aromatic carbocycles. The third-order valence-electron chi connectivity index (χ3n) is 5.72. The van der Waals surface area contributed by atoms with Crippen molar-refractivity contribution < 1.29 is 0 Å². The molecule has 5 heterocycles. The highest BCUT2D eigenvalue weighted by atomic mass is 16.1. The molecule has 5 aromatic rings. The van der Waals surface area contributed by atoms with E-state index in [0.717, 1.165) is 47.0 Å². The zero-order chi connectivity index (χ0) is 20.2. The first-order chi connectivity index (χ1) is 14.7. The lowest BCUT2D eigenvalue weighted by molar-refractivity contribution is 0.734. The number of imidazole rings is 2. The van der Waals surface area contributed by atoms with Crippen molar-refractivity contribution in [2.24, 2.45) is 0 Å². The minimum absolute atomic E-state index is 0.0654. The zero-order valence-corrected chi connectivity index (χ0v) is 16.4. The monoisotopic (exact) mass is 397 g/mol. The number of rotatable bonds is 3. The highest BCUT2D eigenvalue weighted by Gasteiger charge is 2.24. The van der Waals surface area contributed by atoms with Gasteiger partial charge in [0.05, 0.1) is 11.2 Å². The van der Waals surface area contributed by atoms with Crippen LogP contribution in [-0.2, 0) is 13.0 Å². The summed E-state index contributed by atoms with van der Waals surface area (Å²) < 4.78 is 3.45. The van der Waals surface area contributed by atoms with Crippen molar-refractivity contribution >= 4 is 34.0 Å². The van der Waals surface area contributed by atoms with Crippen LogP contribution >= 0.6 is 0 Å². The maximum atomic E-state index is 13.1. The van der Waals surface area contributed by atoms with Gasteiger partial charge in [0.1, 0.15) is 5.52 Å². The molecule has 8 nitrogen and oxygen atoms in total. The number of aryl methyl sites for hydroxylation is 1. The van der Waals surface area contributed by atoms with Gasteiger partial charge in [-0.05, 0) is 61.4 Å². The number of hydrogen-bond acceptors (Lipinski definition) is 5. The SMILES string of the molecule is CCn1c(=O)n(-c2ccc3c(c2)CCN3c2nc3cccnc3[nH]2)c2ncccc21. The Balaban J connectivity index is 1.46. The number of nitrogens with zero attached hydrogens (tertiary/aromatic N) is 6.